The smallest absolute Gasteiger partial charge is 0.311 e. The normalized spacial score (nSPS) is 14.1. The summed E-state index contributed by atoms with van der Waals surface area (Å²) in [6.07, 6.45) is 3.17. The molecule has 4 heteroatoms. The fraction of sp³-hybridized carbons (Fsp3) is 0.467. The number of hydrogen-bond donors (Lipinski definition) is 0. The molecule has 0 atom stereocenters. The van der Waals surface area contributed by atoms with Crippen molar-refractivity contribution < 1.29 is 19.1 Å². The number of fused-ring (bicyclic) bond motifs is 1. The second-order valence-electron chi connectivity index (χ2n) is 4.63. The summed E-state index contributed by atoms with van der Waals surface area (Å²) in [4.78, 5) is 23.5. The van der Waals surface area contributed by atoms with Gasteiger partial charge in [-0.2, -0.15) is 0 Å². The van der Waals surface area contributed by atoms with Crippen LogP contribution in [0.1, 0.15) is 41.6 Å². The highest BCUT2D eigenvalue weighted by atomic mass is 16.5. The molecule has 0 spiro atoms. The minimum atomic E-state index is -0.275. The van der Waals surface area contributed by atoms with Crippen LogP contribution in [0.2, 0.25) is 0 Å². The van der Waals surface area contributed by atoms with Gasteiger partial charge in [-0.25, -0.2) is 0 Å². The highest BCUT2D eigenvalue weighted by Gasteiger charge is 2.21. The van der Waals surface area contributed by atoms with Gasteiger partial charge in [0.05, 0.1) is 0 Å². The van der Waals surface area contributed by atoms with E-state index in [-0.39, 0.29) is 11.8 Å². The molecule has 0 radical (unpaired) electrons. The van der Waals surface area contributed by atoms with Gasteiger partial charge in [0.1, 0.15) is 5.75 Å². The molecule has 0 heterocycles. The van der Waals surface area contributed by atoms with Crippen LogP contribution in [-0.4, -0.2) is 25.5 Å². The Hall–Kier alpha value is -1.68. The van der Waals surface area contributed by atoms with E-state index in [1.165, 1.54) is 0 Å². The van der Waals surface area contributed by atoms with E-state index >= 15 is 0 Å². The monoisotopic (exact) mass is 262 g/mol. The van der Waals surface area contributed by atoms with E-state index in [0.717, 1.165) is 18.4 Å². The van der Waals surface area contributed by atoms with E-state index in [4.69, 9.17) is 9.47 Å². The minimum absolute atomic E-state index is 0.138. The van der Waals surface area contributed by atoms with Gasteiger partial charge in [0, 0.05) is 37.7 Å². The lowest BCUT2D eigenvalue weighted by Crippen LogP contribution is -2.15. The lowest BCUT2D eigenvalue weighted by atomic mass is 9.90. The molecule has 0 aliphatic heterocycles. The molecule has 1 aliphatic carbocycles. The van der Waals surface area contributed by atoms with Crippen molar-refractivity contribution in [3.63, 3.8) is 0 Å². The van der Waals surface area contributed by atoms with Crippen molar-refractivity contribution in [2.75, 3.05) is 13.7 Å². The maximum absolute atomic E-state index is 11.8. The molecule has 0 saturated carbocycles. The van der Waals surface area contributed by atoms with Gasteiger partial charge in [-0.05, 0) is 25.3 Å². The van der Waals surface area contributed by atoms with Crippen LogP contribution in [0.4, 0.5) is 0 Å². The van der Waals surface area contributed by atoms with Crippen molar-refractivity contribution in [1.29, 1.82) is 0 Å². The molecule has 1 aliphatic rings. The molecule has 0 N–H and O–H groups in total. The quantitative estimate of drug-likeness (QED) is 0.465. The number of hydrogen-bond acceptors (Lipinski definition) is 4. The molecule has 0 saturated heterocycles. The number of ketones is 1. The number of Topliss-reactive ketones (excluding diaryl/α,β-unsaturated/α-hetero) is 1. The third-order valence-corrected chi connectivity index (χ3v) is 3.22. The molecule has 0 unspecified atom stereocenters. The minimum Gasteiger partial charge on any atom is -0.426 e. The lowest BCUT2D eigenvalue weighted by molar-refractivity contribution is -0.134. The number of carbonyl (C=O) groups excluding carboxylic acids is 2. The first-order valence-corrected chi connectivity index (χ1v) is 6.57. The number of rotatable bonds is 5. The Morgan fingerprint density at radius 3 is 2.95 bits per heavy atom. The molecule has 19 heavy (non-hydrogen) atoms. The zero-order chi connectivity index (χ0) is 13.7. The summed E-state index contributed by atoms with van der Waals surface area (Å²) in [6, 6.07) is 5.32. The van der Waals surface area contributed by atoms with Crippen LogP contribution < -0.4 is 4.74 Å². The Morgan fingerprint density at radius 2 is 2.16 bits per heavy atom. The van der Waals surface area contributed by atoms with E-state index in [0.29, 0.717) is 37.2 Å². The summed E-state index contributed by atoms with van der Waals surface area (Å²) in [5, 5.41) is 0. The van der Waals surface area contributed by atoms with Crippen molar-refractivity contribution in [2.24, 2.45) is 0 Å². The van der Waals surface area contributed by atoms with E-state index in [1.54, 1.807) is 25.3 Å². The first kappa shape index (κ1) is 13.7. The van der Waals surface area contributed by atoms with Gasteiger partial charge in [0.15, 0.2) is 5.78 Å². The number of ether oxygens (including phenoxy) is 2. The molecule has 0 fully saturated rings. The average molecular weight is 262 g/mol. The average Bonchev–Trinajstić information content (AvgIpc) is 2.40. The van der Waals surface area contributed by atoms with Crippen LogP contribution in [-0.2, 0) is 16.0 Å². The molecule has 1 aromatic carbocycles. The first-order chi connectivity index (χ1) is 9.22. The number of esters is 1. The summed E-state index contributed by atoms with van der Waals surface area (Å²) >= 11 is 0. The van der Waals surface area contributed by atoms with Gasteiger partial charge in [-0.3, -0.25) is 9.59 Å². The predicted octanol–water partition coefficient (Wildman–Crippen LogP) is 2.54. The van der Waals surface area contributed by atoms with Crippen molar-refractivity contribution in [2.45, 2.75) is 32.1 Å². The largest absolute Gasteiger partial charge is 0.426 e. The van der Waals surface area contributed by atoms with Crippen molar-refractivity contribution >= 4 is 11.8 Å². The molecule has 2 rings (SSSR count). The number of benzene rings is 1. The van der Waals surface area contributed by atoms with Crippen LogP contribution in [0.25, 0.3) is 0 Å². The molecule has 0 aromatic heterocycles. The van der Waals surface area contributed by atoms with Gasteiger partial charge < -0.3 is 9.47 Å². The topological polar surface area (TPSA) is 52.6 Å². The molecule has 0 amide bonds. The van der Waals surface area contributed by atoms with Crippen LogP contribution in [0, 0.1) is 0 Å². The molecule has 1 aromatic rings. The van der Waals surface area contributed by atoms with Crippen molar-refractivity contribution in [3.05, 3.63) is 29.3 Å². The van der Waals surface area contributed by atoms with E-state index < -0.39 is 0 Å². The van der Waals surface area contributed by atoms with Gasteiger partial charge in [0.25, 0.3) is 0 Å². The predicted molar refractivity (Wildman–Crippen MR) is 70.5 cm³/mol. The third kappa shape index (κ3) is 3.41. The SMILES string of the molecule is COCCCC(=O)Oc1cccc2c1CCCC2=O. The Kier molecular flexibility index (Phi) is 4.68. The second-order valence-corrected chi connectivity index (χ2v) is 4.63. The fourth-order valence-corrected chi connectivity index (χ4v) is 2.28. The maximum Gasteiger partial charge on any atom is 0.311 e. The third-order valence-electron chi connectivity index (χ3n) is 3.22. The van der Waals surface area contributed by atoms with Crippen LogP contribution in [0.15, 0.2) is 18.2 Å². The number of carbonyl (C=O) groups is 2. The van der Waals surface area contributed by atoms with Crippen molar-refractivity contribution in [1.82, 2.24) is 0 Å². The lowest BCUT2D eigenvalue weighted by Gasteiger charge is -2.17. The highest BCUT2D eigenvalue weighted by Crippen LogP contribution is 2.29. The van der Waals surface area contributed by atoms with E-state index in [2.05, 4.69) is 0 Å². The Morgan fingerprint density at radius 1 is 1.32 bits per heavy atom. The van der Waals surface area contributed by atoms with Gasteiger partial charge in [-0.1, -0.05) is 12.1 Å². The summed E-state index contributed by atoms with van der Waals surface area (Å²) in [7, 11) is 1.60. The van der Waals surface area contributed by atoms with E-state index in [1.807, 2.05) is 0 Å². The summed E-state index contributed by atoms with van der Waals surface area (Å²) in [5.74, 6) is 0.398. The summed E-state index contributed by atoms with van der Waals surface area (Å²) in [6.45, 7) is 0.542. The van der Waals surface area contributed by atoms with Crippen LogP contribution in [0.5, 0.6) is 5.75 Å². The van der Waals surface area contributed by atoms with Crippen LogP contribution >= 0.6 is 0 Å². The zero-order valence-electron chi connectivity index (χ0n) is 11.1. The molecular weight excluding hydrogens is 244 g/mol. The molecular formula is C15H18O4. The second kappa shape index (κ2) is 6.48. The summed E-state index contributed by atoms with van der Waals surface area (Å²) < 4.78 is 10.3. The Bertz CT molecular complexity index is 479. The van der Waals surface area contributed by atoms with Gasteiger partial charge in [-0.15, -0.1) is 0 Å². The maximum atomic E-state index is 11.8. The Labute approximate surface area is 112 Å². The van der Waals surface area contributed by atoms with E-state index in [9.17, 15) is 9.59 Å². The number of methoxy groups -OCH3 is 1. The van der Waals surface area contributed by atoms with Gasteiger partial charge >= 0.3 is 5.97 Å². The van der Waals surface area contributed by atoms with Crippen LogP contribution in [0.3, 0.4) is 0 Å². The highest BCUT2D eigenvalue weighted by molar-refractivity contribution is 5.99. The fourth-order valence-electron chi connectivity index (χ4n) is 2.28. The Balaban J connectivity index is 2.06. The molecule has 102 valence electrons. The van der Waals surface area contributed by atoms with Gasteiger partial charge in [0.2, 0.25) is 0 Å². The zero-order valence-corrected chi connectivity index (χ0v) is 11.1. The summed E-state index contributed by atoms with van der Waals surface area (Å²) in [5.41, 5.74) is 1.58. The first-order valence-electron chi connectivity index (χ1n) is 6.57. The standard InChI is InChI=1S/C15H18O4/c1-18-10-4-9-15(17)19-14-8-3-5-11-12(14)6-2-7-13(11)16/h3,5,8H,2,4,6-7,9-10H2,1H3. The molecule has 0 bridgehead atoms. The van der Waals surface area contributed by atoms with Crippen molar-refractivity contribution in [3.8, 4) is 5.75 Å². The molecule has 4 nitrogen and oxygen atoms in total.